The maximum Gasteiger partial charge on any atom is 0.142 e. The molecule has 140 valence electrons. The number of aryl methyl sites for hydroxylation is 1. The average Bonchev–Trinajstić information content (AvgIpc) is 2.65. The maximum atomic E-state index is 6.20. The molecule has 3 aromatic rings. The Bertz CT molecular complexity index is 963. The van der Waals surface area contributed by atoms with E-state index in [1.165, 1.54) is 0 Å². The molecule has 0 spiro atoms. The van der Waals surface area contributed by atoms with E-state index in [-0.39, 0.29) is 0 Å². The molecule has 0 aliphatic heterocycles. The van der Waals surface area contributed by atoms with Crippen molar-refractivity contribution in [3.63, 3.8) is 0 Å². The van der Waals surface area contributed by atoms with Gasteiger partial charge in [0, 0.05) is 22.8 Å². The van der Waals surface area contributed by atoms with Gasteiger partial charge in [-0.1, -0.05) is 17.7 Å². The predicted molar refractivity (Wildman–Crippen MR) is 109 cm³/mol. The second kappa shape index (κ2) is 8.14. The third-order valence-corrected chi connectivity index (χ3v) is 4.45. The van der Waals surface area contributed by atoms with E-state index >= 15 is 0 Å². The number of ether oxygens (including phenoxy) is 2. The van der Waals surface area contributed by atoms with Crippen molar-refractivity contribution in [2.24, 2.45) is 0 Å². The molecule has 0 fully saturated rings. The smallest absolute Gasteiger partial charge is 0.142 e. The number of halogens is 1. The van der Waals surface area contributed by atoms with Gasteiger partial charge in [0.15, 0.2) is 0 Å². The fraction of sp³-hybridized carbons (Fsp3) is 0.200. The van der Waals surface area contributed by atoms with Gasteiger partial charge in [-0.05, 0) is 43.7 Å². The van der Waals surface area contributed by atoms with Crippen LogP contribution < -0.4 is 20.1 Å². The number of aromatic nitrogens is 2. The highest BCUT2D eigenvalue weighted by Crippen LogP contribution is 2.32. The molecule has 7 heteroatoms. The molecule has 0 radical (unpaired) electrons. The molecule has 1 heterocycles. The van der Waals surface area contributed by atoms with E-state index in [4.69, 9.17) is 21.1 Å². The highest BCUT2D eigenvalue weighted by atomic mass is 35.5. The molecular formula is C20H21ClN4O2. The molecule has 6 nitrogen and oxygen atoms in total. The van der Waals surface area contributed by atoms with Gasteiger partial charge in [0.05, 0.1) is 19.9 Å². The number of anilines is 4. The van der Waals surface area contributed by atoms with Crippen molar-refractivity contribution >= 4 is 34.6 Å². The zero-order chi connectivity index (χ0) is 19.4. The summed E-state index contributed by atoms with van der Waals surface area (Å²) < 4.78 is 10.7. The zero-order valence-corrected chi connectivity index (χ0v) is 16.4. The number of benzene rings is 2. The lowest BCUT2D eigenvalue weighted by Crippen LogP contribution is -2.03. The Morgan fingerprint density at radius 1 is 0.852 bits per heavy atom. The molecule has 3 rings (SSSR count). The molecule has 0 unspecified atom stereocenters. The Labute approximate surface area is 163 Å². The van der Waals surface area contributed by atoms with Gasteiger partial charge in [0.25, 0.3) is 0 Å². The molecule has 0 atom stereocenters. The van der Waals surface area contributed by atoms with Crippen LogP contribution in [0.2, 0.25) is 5.02 Å². The largest absolute Gasteiger partial charge is 0.497 e. The second-order valence-corrected chi connectivity index (χ2v) is 6.32. The van der Waals surface area contributed by atoms with Crippen LogP contribution in [-0.4, -0.2) is 24.2 Å². The fourth-order valence-electron chi connectivity index (χ4n) is 2.63. The van der Waals surface area contributed by atoms with Gasteiger partial charge in [-0.25, -0.2) is 9.97 Å². The summed E-state index contributed by atoms with van der Waals surface area (Å²) in [6, 6.07) is 13.1. The van der Waals surface area contributed by atoms with Crippen molar-refractivity contribution in [3.8, 4) is 11.5 Å². The van der Waals surface area contributed by atoms with Gasteiger partial charge in [-0.15, -0.1) is 0 Å². The lowest BCUT2D eigenvalue weighted by Gasteiger charge is -2.14. The molecule has 0 saturated carbocycles. The topological polar surface area (TPSA) is 68.3 Å². The molecule has 2 N–H and O–H groups in total. The Hall–Kier alpha value is -2.99. The molecule has 2 aromatic carbocycles. The number of nitrogens with one attached hydrogen (secondary N) is 2. The van der Waals surface area contributed by atoms with Gasteiger partial charge in [-0.2, -0.15) is 0 Å². The first-order valence-electron chi connectivity index (χ1n) is 8.37. The van der Waals surface area contributed by atoms with Crippen molar-refractivity contribution in [1.29, 1.82) is 0 Å². The van der Waals surface area contributed by atoms with E-state index in [2.05, 4.69) is 20.6 Å². The van der Waals surface area contributed by atoms with Crippen LogP contribution in [0, 0.1) is 13.8 Å². The van der Waals surface area contributed by atoms with Gasteiger partial charge in [0.1, 0.15) is 29.0 Å². The Morgan fingerprint density at radius 3 is 2.22 bits per heavy atom. The van der Waals surface area contributed by atoms with Crippen molar-refractivity contribution in [1.82, 2.24) is 9.97 Å². The summed E-state index contributed by atoms with van der Waals surface area (Å²) in [5, 5.41) is 7.27. The molecular weight excluding hydrogens is 364 g/mol. The van der Waals surface area contributed by atoms with Gasteiger partial charge in [-0.3, -0.25) is 0 Å². The van der Waals surface area contributed by atoms with Crippen molar-refractivity contribution in [2.75, 3.05) is 24.9 Å². The van der Waals surface area contributed by atoms with E-state index < -0.39 is 0 Å². The summed E-state index contributed by atoms with van der Waals surface area (Å²) >= 11 is 6.20. The number of methoxy groups -OCH3 is 2. The molecule has 27 heavy (non-hydrogen) atoms. The molecule has 0 bridgehead atoms. The quantitative estimate of drug-likeness (QED) is 0.604. The average molecular weight is 385 g/mol. The number of nitrogens with zero attached hydrogens (tertiary/aromatic N) is 2. The fourth-order valence-corrected chi connectivity index (χ4v) is 2.80. The summed E-state index contributed by atoms with van der Waals surface area (Å²) in [4.78, 5) is 8.91. The van der Waals surface area contributed by atoms with Gasteiger partial charge < -0.3 is 20.1 Å². The highest BCUT2D eigenvalue weighted by Gasteiger charge is 2.09. The van der Waals surface area contributed by atoms with E-state index in [1.54, 1.807) is 14.2 Å². The first-order chi connectivity index (χ1) is 13.0. The van der Waals surface area contributed by atoms with Crippen LogP contribution in [0.1, 0.15) is 11.4 Å². The second-order valence-electron chi connectivity index (χ2n) is 5.91. The van der Waals surface area contributed by atoms with Crippen LogP contribution in [0.3, 0.4) is 0 Å². The number of rotatable bonds is 6. The van der Waals surface area contributed by atoms with Crippen molar-refractivity contribution < 1.29 is 9.47 Å². The minimum atomic E-state index is 0.629. The standard InChI is InChI=1S/C20H21ClN4O2/c1-12-15(21)6-5-7-16(12)24-19-11-20(23-13(2)22-19)25-17-10-14(26-3)8-9-18(17)27-4/h5-11H,1-4H3,(H2,22,23,24,25). The Kier molecular flexibility index (Phi) is 5.66. The summed E-state index contributed by atoms with van der Waals surface area (Å²) in [5.41, 5.74) is 2.60. The maximum absolute atomic E-state index is 6.20. The molecule has 0 aliphatic rings. The number of hydrogen-bond acceptors (Lipinski definition) is 6. The number of hydrogen-bond donors (Lipinski definition) is 2. The first-order valence-corrected chi connectivity index (χ1v) is 8.75. The third kappa shape index (κ3) is 4.41. The summed E-state index contributed by atoms with van der Waals surface area (Å²) in [6.45, 7) is 3.79. The monoisotopic (exact) mass is 384 g/mol. The third-order valence-electron chi connectivity index (χ3n) is 4.04. The minimum Gasteiger partial charge on any atom is -0.497 e. The Balaban J connectivity index is 1.91. The van der Waals surface area contributed by atoms with E-state index in [9.17, 15) is 0 Å². The van der Waals surface area contributed by atoms with E-state index in [1.807, 2.05) is 56.3 Å². The van der Waals surface area contributed by atoms with Crippen LogP contribution in [0.4, 0.5) is 23.0 Å². The Morgan fingerprint density at radius 2 is 1.56 bits per heavy atom. The van der Waals surface area contributed by atoms with Crippen molar-refractivity contribution in [3.05, 3.63) is 58.9 Å². The summed E-state index contributed by atoms with van der Waals surface area (Å²) in [7, 11) is 3.24. The predicted octanol–water partition coefficient (Wildman–Crippen LogP) is 5.25. The lowest BCUT2D eigenvalue weighted by atomic mass is 10.2. The summed E-state index contributed by atoms with van der Waals surface area (Å²) in [5.74, 6) is 3.33. The van der Waals surface area contributed by atoms with Gasteiger partial charge in [0.2, 0.25) is 0 Å². The SMILES string of the molecule is COc1ccc(OC)c(Nc2cc(Nc3cccc(Cl)c3C)nc(C)n2)c1. The lowest BCUT2D eigenvalue weighted by molar-refractivity contribution is 0.405. The van der Waals surface area contributed by atoms with Crippen LogP contribution >= 0.6 is 11.6 Å². The molecule has 1 aromatic heterocycles. The minimum absolute atomic E-state index is 0.629. The van der Waals surface area contributed by atoms with Gasteiger partial charge >= 0.3 is 0 Å². The van der Waals surface area contributed by atoms with Crippen LogP contribution in [0.5, 0.6) is 11.5 Å². The summed E-state index contributed by atoms with van der Waals surface area (Å²) in [6.07, 6.45) is 0. The highest BCUT2D eigenvalue weighted by molar-refractivity contribution is 6.31. The normalized spacial score (nSPS) is 10.4. The molecule has 0 saturated heterocycles. The first kappa shape index (κ1) is 18.8. The molecule has 0 aliphatic carbocycles. The van der Waals surface area contributed by atoms with Crippen molar-refractivity contribution in [2.45, 2.75) is 13.8 Å². The van der Waals surface area contributed by atoms with Crippen LogP contribution in [0.15, 0.2) is 42.5 Å². The van der Waals surface area contributed by atoms with E-state index in [0.29, 0.717) is 28.2 Å². The molecule has 0 amide bonds. The van der Waals surface area contributed by atoms with Crippen LogP contribution in [0.25, 0.3) is 0 Å². The van der Waals surface area contributed by atoms with Crippen LogP contribution in [-0.2, 0) is 0 Å². The zero-order valence-electron chi connectivity index (χ0n) is 15.6. The van der Waals surface area contributed by atoms with E-state index in [0.717, 1.165) is 22.7 Å².